The van der Waals surface area contributed by atoms with Gasteiger partial charge in [0.2, 0.25) is 0 Å². The molecule has 1 aromatic carbocycles. The van der Waals surface area contributed by atoms with Crippen LogP contribution in [-0.2, 0) is 30.5 Å². The molecular weight excluding hydrogens is 454 g/mol. The van der Waals surface area contributed by atoms with E-state index in [4.69, 9.17) is 20.8 Å². The number of halogens is 1. The zero-order valence-corrected chi connectivity index (χ0v) is 18.2. The Balaban J connectivity index is 1.38. The highest BCUT2D eigenvalue weighted by Gasteiger charge is 2.19. The van der Waals surface area contributed by atoms with Crippen molar-refractivity contribution < 1.29 is 28.3 Å². The van der Waals surface area contributed by atoms with Crippen LogP contribution in [0.15, 0.2) is 45.9 Å². The quantitative estimate of drug-likeness (QED) is 0.266. The van der Waals surface area contributed by atoms with Crippen molar-refractivity contribution in [1.82, 2.24) is 16.1 Å². The summed E-state index contributed by atoms with van der Waals surface area (Å²) in [5, 5.41) is 11.4. The number of carbonyl (C=O) groups excluding carboxylic acids is 4. The van der Waals surface area contributed by atoms with Crippen molar-refractivity contribution in [1.29, 1.82) is 0 Å². The van der Waals surface area contributed by atoms with Crippen molar-refractivity contribution in [2.24, 2.45) is 5.10 Å². The van der Waals surface area contributed by atoms with Crippen LogP contribution in [0, 0.1) is 0 Å². The van der Waals surface area contributed by atoms with Crippen LogP contribution in [0.5, 0.6) is 0 Å². The molecule has 12 heteroatoms. The smallest absolute Gasteiger partial charge is 0.329 e. The molecule has 0 unspecified atom stereocenters. The number of nitrogens with zero attached hydrogens (tertiary/aromatic N) is 1. The van der Waals surface area contributed by atoms with E-state index in [-0.39, 0.29) is 25.0 Å². The average Bonchev–Trinajstić information content (AvgIpc) is 3.48. The van der Waals surface area contributed by atoms with Crippen LogP contribution in [0.4, 0.5) is 5.69 Å². The van der Waals surface area contributed by atoms with E-state index < -0.39 is 23.6 Å². The zero-order chi connectivity index (χ0) is 23.6. The van der Waals surface area contributed by atoms with Crippen molar-refractivity contribution in [3.05, 3.63) is 52.9 Å². The lowest BCUT2D eigenvalue weighted by Crippen LogP contribution is -2.41. The van der Waals surface area contributed by atoms with Gasteiger partial charge in [0.1, 0.15) is 11.5 Å². The van der Waals surface area contributed by atoms with Gasteiger partial charge < -0.3 is 25.1 Å². The Morgan fingerprint density at radius 2 is 1.88 bits per heavy atom. The third kappa shape index (κ3) is 7.74. The maximum Gasteiger partial charge on any atom is 0.329 e. The van der Waals surface area contributed by atoms with Gasteiger partial charge in [-0.05, 0) is 43.2 Å². The second-order valence-corrected chi connectivity index (χ2v) is 7.43. The van der Waals surface area contributed by atoms with Gasteiger partial charge in [-0.1, -0.05) is 17.7 Å². The monoisotopic (exact) mass is 475 g/mol. The van der Waals surface area contributed by atoms with E-state index in [1.54, 1.807) is 30.3 Å². The van der Waals surface area contributed by atoms with Crippen LogP contribution in [0.1, 0.15) is 24.4 Å². The molecule has 11 nitrogen and oxygen atoms in total. The highest BCUT2D eigenvalue weighted by molar-refractivity contribution is 6.39. The second-order valence-electron chi connectivity index (χ2n) is 7.00. The van der Waals surface area contributed by atoms with E-state index >= 15 is 0 Å². The molecule has 0 aliphatic carbocycles. The first-order chi connectivity index (χ1) is 15.9. The fraction of sp³-hybridized carbons (Fsp3) is 0.286. The van der Waals surface area contributed by atoms with Gasteiger partial charge in [0.15, 0.2) is 0 Å². The van der Waals surface area contributed by atoms with Crippen molar-refractivity contribution in [2.45, 2.75) is 25.5 Å². The van der Waals surface area contributed by atoms with E-state index in [9.17, 15) is 19.2 Å². The Hall–Kier alpha value is -3.70. The topological polar surface area (TPSA) is 151 Å². The summed E-state index contributed by atoms with van der Waals surface area (Å²) in [6.07, 6.45) is 2.90. The molecule has 1 aliphatic rings. The lowest BCUT2D eigenvalue weighted by molar-refractivity contribution is -0.139. The summed E-state index contributed by atoms with van der Waals surface area (Å²) in [5.74, 6) is -2.84. The minimum Gasteiger partial charge on any atom is -0.458 e. The molecule has 4 N–H and O–H groups in total. The molecule has 1 aliphatic heterocycles. The molecule has 0 bridgehead atoms. The van der Waals surface area contributed by atoms with E-state index in [0.29, 0.717) is 23.1 Å². The average molecular weight is 476 g/mol. The fourth-order valence-corrected chi connectivity index (χ4v) is 3.05. The predicted octanol–water partition coefficient (Wildman–Crippen LogP) is 0.933. The molecule has 0 radical (unpaired) electrons. The fourth-order valence-electron chi connectivity index (χ4n) is 2.86. The normalized spacial score (nSPS) is 15.2. The first-order valence-corrected chi connectivity index (χ1v) is 10.4. The summed E-state index contributed by atoms with van der Waals surface area (Å²) in [6.45, 7) is 0.871. The number of hydrogen-bond acceptors (Lipinski definition) is 7. The van der Waals surface area contributed by atoms with E-state index in [2.05, 4.69) is 26.5 Å². The molecule has 1 fully saturated rings. The minimum atomic E-state index is -0.922. The molecule has 2 aromatic rings. The van der Waals surface area contributed by atoms with Gasteiger partial charge in [-0.3, -0.25) is 19.2 Å². The molecular formula is C21H22ClN5O6. The molecule has 2 heterocycles. The number of amides is 4. The van der Waals surface area contributed by atoms with Crippen LogP contribution >= 0.6 is 11.6 Å². The number of benzene rings is 1. The Labute approximate surface area is 193 Å². The van der Waals surface area contributed by atoms with E-state index in [1.807, 2.05) is 0 Å². The predicted molar refractivity (Wildman–Crippen MR) is 118 cm³/mol. The van der Waals surface area contributed by atoms with E-state index in [0.717, 1.165) is 12.8 Å². The van der Waals surface area contributed by atoms with Gasteiger partial charge in [-0.25, -0.2) is 5.43 Å². The number of nitrogens with one attached hydrogen (secondary N) is 4. The van der Waals surface area contributed by atoms with Crippen LogP contribution in [0.2, 0.25) is 5.02 Å². The molecule has 33 heavy (non-hydrogen) atoms. The first-order valence-electron chi connectivity index (χ1n) is 10.1. The largest absolute Gasteiger partial charge is 0.458 e. The maximum absolute atomic E-state index is 11.9. The Bertz CT molecular complexity index is 1050. The highest BCUT2D eigenvalue weighted by atomic mass is 35.5. The molecule has 1 saturated heterocycles. The number of anilines is 1. The molecule has 174 valence electrons. The first kappa shape index (κ1) is 24.0. The highest BCUT2D eigenvalue weighted by Crippen LogP contribution is 2.14. The van der Waals surface area contributed by atoms with Gasteiger partial charge in [0, 0.05) is 23.9 Å². The summed E-state index contributed by atoms with van der Waals surface area (Å²) >= 11 is 5.84. The maximum atomic E-state index is 11.9. The summed E-state index contributed by atoms with van der Waals surface area (Å²) in [7, 11) is 0. The Morgan fingerprint density at radius 3 is 2.64 bits per heavy atom. The molecule has 0 saturated carbocycles. The third-order valence-electron chi connectivity index (χ3n) is 4.47. The SMILES string of the molecule is O=C(NC[C@H]1CCCO1)C(=O)N/N=C/c1ccc(CNC(=O)C(=O)Nc2cccc(Cl)c2)o1. The van der Waals surface area contributed by atoms with E-state index in [1.165, 1.54) is 12.3 Å². The molecule has 1 aromatic heterocycles. The standard InChI is InChI=1S/C21H22ClN5O6/c22-13-3-1-4-14(9-13)26-20(30)18(28)24-11-16-6-7-17(33-16)12-25-27-21(31)19(29)23-10-15-5-2-8-32-15/h1,3-4,6-7,9,12,15H,2,5,8,10-11H2,(H,23,29)(H,24,28)(H,26,30)(H,27,31)/b25-12+/t15-/m1/s1. The number of rotatable bonds is 7. The lowest BCUT2D eigenvalue weighted by atomic mass is 10.2. The van der Waals surface area contributed by atoms with Crippen molar-refractivity contribution in [3.63, 3.8) is 0 Å². The van der Waals surface area contributed by atoms with Gasteiger partial charge in [-0.15, -0.1) is 0 Å². The van der Waals surface area contributed by atoms with Crippen LogP contribution in [0.25, 0.3) is 0 Å². The van der Waals surface area contributed by atoms with Gasteiger partial charge in [0.05, 0.1) is 18.9 Å². The van der Waals surface area contributed by atoms with Crippen molar-refractivity contribution >= 4 is 47.1 Å². The second kappa shape index (κ2) is 11.8. The number of furan rings is 1. The van der Waals surface area contributed by atoms with Crippen LogP contribution in [-0.4, -0.2) is 49.1 Å². The number of carbonyl (C=O) groups is 4. The summed E-state index contributed by atoms with van der Waals surface area (Å²) < 4.78 is 10.8. The summed E-state index contributed by atoms with van der Waals surface area (Å²) in [6, 6.07) is 9.50. The van der Waals surface area contributed by atoms with Crippen molar-refractivity contribution in [3.8, 4) is 0 Å². The summed E-state index contributed by atoms with van der Waals surface area (Å²) in [4.78, 5) is 47.3. The molecule has 1 atom stereocenters. The summed E-state index contributed by atoms with van der Waals surface area (Å²) in [5.41, 5.74) is 2.48. The van der Waals surface area contributed by atoms with Gasteiger partial charge in [0.25, 0.3) is 0 Å². The molecule has 3 rings (SSSR count). The number of hydrazone groups is 1. The lowest BCUT2D eigenvalue weighted by Gasteiger charge is -2.09. The van der Waals surface area contributed by atoms with Gasteiger partial charge in [-0.2, -0.15) is 5.10 Å². The van der Waals surface area contributed by atoms with Crippen molar-refractivity contribution in [2.75, 3.05) is 18.5 Å². The number of hydrogen-bond donors (Lipinski definition) is 4. The van der Waals surface area contributed by atoms with Gasteiger partial charge >= 0.3 is 23.6 Å². The minimum absolute atomic E-state index is 0.0480. The molecule has 4 amide bonds. The molecule has 0 spiro atoms. The Morgan fingerprint density at radius 1 is 1.06 bits per heavy atom. The van der Waals surface area contributed by atoms with Crippen LogP contribution < -0.4 is 21.4 Å². The van der Waals surface area contributed by atoms with Crippen LogP contribution in [0.3, 0.4) is 0 Å². The zero-order valence-electron chi connectivity index (χ0n) is 17.4. The number of ether oxygens (including phenoxy) is 1. The third-order valence-corrected chi connectivity index (χ3v) is 4.71. The Kier molecular flexibility index (Phi) is 8.56.